The van der Waals surface area contributed by atoms with Crippen molar-refractivity contribution in [2.75, 3.05) is 23.3 Å². The van der Waals surface area contributed by atoms with Crippen LogP contribution in [0.4, 0.5) is 42.8 Å². The lowest BCUT2D eigenvalue weighted by atomic mass is 9.98. The lowest BCUT2D eigenvalue weighted by molar-refractivity contribution is -0.206. The number of hydrogen-bond acceptors (Lipinski definition) is 6. The van der Waals surface area contributed by atoms with E-state index in [1.165, 1.54) is 0 Å². The number of anilines is 2. The number of rotatable bonds is 2. The number of piperazine rings is 1. The number of nitrogens with zero attached hydrogens (tertiary/aromatic N) is 3. The number of pyridine rings is 2. The predicted molar refractivity (Wildman–Crippen MR) is 108 cm³/mol. The summed E-state index contributed by atoms with van der Waals surface area (Å²) in [6, 6.07) is 2.82. The van der Waals surface area contributed by atoms with Gasteiger partial charge in [0.2, 0.25) is 6.10 Å². The molecule has 0 spiro atoms. The topological polar surface area (TPSA) is 79.4 Å². The summed E-state index contributed by atoms with van der Waals surface area (Å²) in [5.74, 6) is -0.395. The second-order valence-corrected chi connectivity index (χ2v) is 8.42. The standard InChI is InChI=1S/C21H19F6N5O2/c22-20(23,24)10-8-13(30-15(9-10)32-7-6-28-12-2-1-3-14(12)32)11-4-5-29-18-16(11)17(21(25,26)27)34-19(33)31-18/h4-5,8-9,12,14,17,28H,1-3,6-7H2,(H,29,31,33)/t12-,14+,17+/m0/s1. The minimum Gasteiger partial charge on any atom is -0.431 e. The van der Waals surface area contributed by atoms with Crippen LogP contribution in [0.2, 0.25) is 0 Å². The molecule has 3 aliphatic rings. The molecule has 2 N–H and O–H groups in total. The molecule has 1 saturated carbocycles. The first-order chi connectivity index (χ1) is 16.0. The van der Waals surface area contributed by atoms with E-state index in [-0.39, 0.29) is 29.2 Å². The highest BCUT2D eigenvalue weighted by molar-refractivity contribution is 5.89. The summed E-state index contributed by atoms with van der Waals surface area (Å²) in [6.45, 7) is 0.961. The molecule has 5 rings (SSSR count). The second kappa shape index (κ2) is 8.00. The smallest absolute Gasteiger partial charge is 0.430 e. The Morgan fingerprint density at radius 3 is 2.65 bits per heavy atom. The summed E-state index contributed by atoms with van der Waals surface area (Å²) < 4.78 is 87.1. The van der Waals surface area contributed by atoms with Crippen LogP contribution in [-0.4, -0.2) is 47.4 Å². The van der Waals surface area contributed by atoms with E-state index in [1.54, 1.807) is 4.90 Å². The third-order valence-electron chi connectivity index (χ3n) is 6.34. The van der Waals surface area contributed by atoms with Crippen molar-refractivity contribution in [1.29, 1.82) is 0 Å². The number of ether oxygens (including phenoxy) is 1. The first kappa shape index (κ1) is 22.7. The number of halogens is 6. The average molecular weight is 487 g/mol. The maximum Gasteiger partial charge on any atom is 0.430 e. The molecule has 7 nitrogen and oxygen atoms in total. The number of hydrogen-bond donors (Lipinski definition) is 2. The lowest BCUT2D eigenvalue weighted by Crippen LogP contribution is -2.55. The summed E-state index contributed by atoms with van der Waals surface area (Å²) in [6.07, 6.45) is -10.1. The fourth-order valence-electron chi connectivity index (χ4n) is 4.92. The third-order valence-corrected chi connectivity index (χ3v) is 6.34. The van der Waals surface area contributed by atoms with E-state index in [1.807, 2.05) is 0 Å². The molecule has 3 atom stereocenters. The Morgan fingerprint density at radius 1 is 1.12 bits per heavy atom. The molecule has 1 aliphatic carbocycles. The van der Waals surface area contributed by atoms with Gasteiger partial charge in [-0.3, -0.25) is 5.32 Å². The monoisotopic (exact) mass is 487 g/mol. The van der Waals surface area contributed by atoms with E-state index in [4.69, 9.17) is 0 Å². The van der Waals surface area contributed by atoms with Crippen molar-refractivity contribution in [3.8, 4) is 11.3 Å². The number of fused-ring (bicyclic) bond motifs is 2. The first-order valence-corrected chi connectivity index (χ1v) is 10.7. The van der Waals surface area contributed by atoms with Gasteiger partial charge in [0.05, 0.1) is 16.8 Å². The molecular weight excluding hydrogens is 468 g/mol. The number of carbonyl (C=O) groups is 1. The van der Waals surface area contributed by atoms with Crippen LogP contribution in [0.1, 0.15) is 36.5 Å². The number of alkyl halides is 6. The van der Waals surface area contributed by atoms with Gasteiger partial charge in [0, 0.05) is 36.9 Å². The Hall–Kier alpha value is -3.09. The molecule has 0 radical (unpaired) electrons. The van der Waals surface area contributed by atoms with Gasteiger partial charge in [-0.1, -0.05) is 0 Å². The Balaban J connectivity index is 1.67. The van der Waals surface area contributed by atoms with Crippen molar-refractivity contribution >= 4 is 17.7 Å². The highest BCUT2D eigenvalue weighted by Gasteiger charge is 2.49. The maximum absolute atomic E-state index is 13.8. The van der Waals surface area contributed by atoms with Crippen LogP contribution in [0, 0.1) is 0 Å². The Labute approximate surface area is 189 Å². The van der Waals surface area contributed by atoms with Crippen molar-refractivity contribution < 1.29 is 35.9 Å². The van der Waals surface area contributed by atoms with Crippen molar-refractivity contribution in [3.63, 3.8) is 0 Å². The zero-order valence-corrected chi connectivity index (χ0v) is 17.5. The fourth-order valence-corrected chi connectivity index (χ4v) is 4.92. The summed E-state index contributed by atoms with van der Waals surface area (Å²) >= 11 is 0. The van der Waals surface area contributed by atoms with Gasteiger partial charge in [-0.2, -0.15) is 26.3 Å². The second-order valence-electron chi connectivity index (χ2n) is 8.42. The van der Waals surface area contributed by atoms with E-state index in [0.29, 0.717) is 19.2 Å². The van der Waals surface area contributed by atoms with Gasteiger partial charge in [0.15, 0.2) is 0 Å². The molecule has 1 saturated heterocycles. The zero-order valence-electron chi connectivity index (χ0n) is 17.5. The van der Waals surface area contributed by atoms with E-state index in [9.17, 15) is 31.1 Å². The highest BCUT2D eigenvalue weighted by Crippen LogP contribution is 2.46. The number of amides is 1. The van der Waals surface area contributed by atoms with Crippen LogP contribution in [0.15, 0.2) is 24.4 Å². The summed E-state index contributed by atoms with van der Waals surface area (Å²) in [5, 5.41) is 5.44. The van der Waals surface area contributed by atoms with Gasteiger partial charge in [0.25, 0.3) is 0 Å². The van der Waals surface area contributed by atoms with Gasteiger partial charge in [0.1, 0.15) is 11.6 Å². The minimum absolute atomic E-state index is 0.0399. The molecule has 4 heterocycles. The van der Waals surface area contributed by atoms with Gasteiger partial charge in [-0.25, -0.2) is 14.8 Å². The van der Waals surface area contributed by atoms with Crippen molar-refractivity contribution in [2.24, 2.45) is 0 Å². The Kier molecular flexibility index (Phi) is 5.34. The maximum atomic E-state index is 13.8. The number of nitrogens with one attached hydrogen (secondary N) is 2. The molecule has 182 valence electrons. The van der Waals surface area contributed by atoms with E-state index < -0.39 is 41.5 Å². The molecular formula is C21H19F6N5O2. The van der Waals surface area contributed by atoms with E-state index in [2.05, 4.69) is 25.3 Å². The third kappa shape index (κ3) is 4.01. The van der Waals surface area contributed by atoms with Crippen LogP contribution in [-0.2, 0) is 10.9 Å². The van der Waals surface area contributed by atoms with Gasteiger partial charge >= 0.3 is 18.4 Å². The minimum atomic E-state index is -5.01. The SMILES string of the molecule is O=C1Nc2nccc(-c3cc(C(F)(F)F)cc(N4CCN[C@H]5CCC[C@H]54)n3)c2[C@H](C(F)(F)F)O1. The summed E-state index contributed by atoms with van der Waals surface area (Å²) in [7, 11) is 0. The van der Waals surface area contributed by atoms with Crippen LogP contribution in [0.3, 0.4) is 0 Å². The Bertz CT molecular complexity index is 1120. The van der Waals surface area contributed by atoms with Gasteiger partial charge < -0.3 is 15.0 Å². The molecule has 34 heavy (non-hydrogen) atoms. The molecule has 2 aromatic heterocycles. The number of cyclic esters (lactones) is 1. The largest absolute Gasteiger partial charge is 0.431 e. The predicted octanol–water partition coefficient (Wildman–Crippen LogP) is 4.66. The molecule has 0 aromatic carbocycles. The molecule has 2 aliphatic heterocycles. The molecule has 0 unspecified atom stereocenters. The quantitative estimate of drug-likeness (QED) is 0.600. The van der Waals surface area contributed by atoms with Crippen molar-refractivity contribution in [3.05, 3.63) is 35.5 Å². The molecule has 2 aromatic rings. The van der Waals surface area contributed by atoms with Crippen LogP contribution in [0.25, 0.3) is 11.3 Å². The first-order valence-electron chi connectivity index (χ1n) is 10.7. The number of aromatic nitrogens is 2. The average Bonchev–Trinajstić information content (AvgIpc) is 3.25. The van der Waals surface area contributed by atoms with Crippen LogP contribution < -0.4 is 15.5 Å². The summed E-state index contributed by atoms with van der Waals surface area (Å²) in [5.41, 5.74) is -2.19. The molecule has 0 bridgehead atoms. The van der Waals surface area contributed by atoms with Crippen LogP contribution >= 0.6 is 0 Å². The zero-order chi connectivity index (χ0) is 24.3. The highest BCUT2D eigenvalue weighted by atomic mass is 19.4. The number of carbonyl (C=O) groups excluding carboxylic acids is 1. The fraction of sp³-hybridized carbons (Fsp3) is 0.476. The van der Waals surface area contributed by atoms with Crippen LogP contribution in [0.5, 0.6) is 0 Å². The van der Waals surface area contributed by atoms with Crippen molar-refractivity contribution in [1.82, 2.24) is 15.3 Å². The lowest BCUT2D eigenvalue weighted by Gasteiger charge is -2.39. The molecule has 2 fully saturated rings. The Morgan fingerprint density at radius 2 is 1.91 bits per heavy atom. The van der Waals surface area contributed by atoms with E-state index >= 15 is 0 Å². The summed E-state index contributed by atoms with van der Waals surface area (Å²) in [4.78, 5) is 21.6. The van der Waals surface area contributed by atoms with Gasteiger partial charge in [-0.15, -0.1) is 0 Å². The van der Waals surface area contributed by atoms with E-state index in [0.717, 1.165) is 37.6 Å². The molecule has 1 amide bonds. The van der Waals surface area contributed by atoms with Crippen molar-refractivity contribution in [2.45, 2.75) is 49.8 Å². The molecule has 13 heteroatoms. The normalized spacial score (nSPS) is 24.8. The van der Waals surface area contributed by atoms with Gasteiger partial charge in [-0.05, 0) is 37.5 Å².